The minimum atomic E-state index is -0.780. The first-order valence-corrected chi connectivity index (χ1v) is 13.5. The number of aromatic nitrogens is 2. The molecule has 2 atom stereocenters. The fraction of sp³-hybridized carbons (Fsp3) is 0.375. The van der Waals surface area contributed by atoms with Crippen molar-refractivity contribution in [1.82, 2.24) is 9.66 Å². The van der Waals surface area contributed by atoms with Crippen LogP contribution in [-0.4, -0.2) is 33.0 Å². The Balaban J connectivity index is 1.62. The summed E-state index contributed by atoms with van der Waals surface area (Å²) in [7, 11) is 0. The molecule has 176 valence electrons. The molecule has 2 aliphatic rings. The molecule has 2 fully saturated rings. The number of ketones is 1. The first-order valence-electron chi connectivity index (χ1n) is 10.9. The number of nitrogens with zero attached hydrogens (tertiary/aromatic N) is 3. The Bertz CT molecular complexity index is 1430. The molecule has 34 heavy (non-hydrogen) atoms. The van der Waals surface area contributed by atoms with Crippen LogP contribution in [0.25, 0.3) is 10.9 Å². The van der Waals surface area contributed by atoms with E-state index < -0.39 is 22.3 Å². The smallest absolute Gasteiger partial charge is 0.281 e. The number of imide groups is 1. The number of fused-ring (bicyclic) bond motifs is 3. The third-order valence-corrected chi connectivity index (χ3v) is 10.1. The highest BCUT2D eigenvalue weighted by Crippen LogP contribution is 2.59. The van der Waals surface area contributed by atoms with Gasteiger partial charge in [-0.2, -0.15) is 9.69 Å². The number of thiophene rings is 1. The highest BCUT2D eigenvalue weighted by atomic mass is 79.9. The molecular weight excluding hydrogens is 538 g/mol. The summed E-state index contributed by atoms with van der Waals surface area (Å²) in [5.74, 6) is -1.28. The third-order valence-electron chi connectivity index (χ3n) is 7.50. The van der Waals surface area contributed by atoms with Crippen molar-refractivity contribution in [2.24, 2.45) is 16.7 Å². The van der Waals surface area contributed by atoms with Crippen molar-refractivity contribution in [2.75, 3.05) is 10.8 Å². The number of carbonyl (C=O) groups is 3. The summed E-state index contributed by atoms with van der Waals surface area (Å²) >= 11 is 5.74. The summed E-state index contributed by atoms with van der Waals surface area (Å²) in [6, 6.07) is 10.4. The fourth-order valence-corrected chi connectivity index (χ4v) is 7.30. The molecule has 2 unspecified atom stereocenters. The van der Waals surface area contributed by atoms with Gasteiger partial charge in [0, 0.05) is 5.92 Å². The van der Waals surface area contributed by atoms with Crippen LogP contribution in [0.2, 0.25) is 0 Å². The van der Waals surface area contributed by atoms with E-state index in [0.717, 1.165) is 25.2 Å². The van der Waals surface area contributed by atoms with Crippen LogP contribution in [0.15, 0.2) is 50.1 Å². The number of hydrogen-bond donors (Lipinski definition) is 0. The Kier molecular flexibility index (Phi) is 5.61. The number of para-hydroxylation sites is 1. The highest BCUT2D eigenvalue weighted by molar-refractivity contribution is 9.11. The summed E-state index contributed by atoms with van der Waals surface area (Å²) in [5.41, 5.74) is -1.34. The van der Waals surface area contributed by atoms with E-state index in [-0.39, 0.29) is 28.5 Å². The molecule has 2 bridgehead atoms. The zero-order valence-electron chi connectivity index (χ0n) is 18.8. The van der Waals surface area contributed by atoms with E-state index in [2.05, 4.69) is 20.9 Å². The molecule has 0 N–H and O–H groups in total. The number of hydrogen-bond acceptors (Lipinski definition) is 7. The molecule has 7 nitrogen and oxygen atoms in total. The molecule has 1 aliphatic carbocycles. The highest BCUT2D eigenvalue weighted by Gasteiger charge is 2.65. The van der Waals surface area contributed by atoms with Gasteiger partial charge in [-0.25, -0.2) is 4.98 Å². The molecule has 10 heteroatoms. The number of amides is 2. The molecule has 3 heterocycles. The normalized spacial score (nSPS) is 23.6. The average molecular weight is 560 g/mol. The largest absolute Gasteiger partial charge is 0.292 e. The number of halogens is 1. The maximum absolute atomic E-state index is 13.8. The molecule has 1 aliphatic heterocycles. The number of Topliss-reactive ketones (excluding diaryl/α,β-unsaturated/α-hetero) is 1. The van der Waals surface area contributed by atoms with Crippen LogP contribution in [0, 0.1) is 16.7 Å². The van der Waals surface area contributed by atoms with Gasteiger partial charge in [0.05, 0.1) is 30.7 Å². The van der Waals surface area contributed by atoms with Crippen molar-refractivity contribution in [3.05, 3.63) is 55.4 Å². The van der Waals surface area contributed by atoms with Gasteiger partial charge in [0.15, 0.2) is 10.9 Å². The molecule has 5 rings (SSSR count). The zero-order valence-corrected chi connectivity index (χ0v) is 22.1. The molecule has 1 saturated heterocycles. The van der Waals surface area contributed by atoms with Gasteiger partial charge in [-0.05, 0) is 58.5 Å². The predicted octanol–water partition coefficient (Wildman–Crippen LogP) is 4.64. The number of rotatable bonds is 5. The van der Waals surface area contributed by atoms with Crippen molar-refractivity contribution in [1.29, 1.82) is 0 Å². The standard InChI is InChI=1S/C24H22BrN3O4S2/c1-23(2)14-10-11-24(23,3)21(32)27(20(14)31)28-19(30)13-6-4-5-7-15(13)26-22(28)33-12-16(29)17-8-9-18(25)34-17/h4-9,14H,10-12H2,1-3H3. The molecule has 2 aromatic heterocycles. The molecular formula is C24H22BrN3O4S2. The van der Waals surface area contributed by atoms with Gasteiger partial charge in [-0.15, -0.1) is 11.3 Å². The molecule has 0 radical (unpaired) electrons. The average Bonchev–Trinajstić information content (AvgIpc) is 3.31. The van der Waals surface area contributed by atoms with Gasteiger partial charge in [0.25, 0.3) is 17.4 Å². The summed E-state index contributed by atoms with van der Waals surface area (Å²) in [6.45, 7) is 5.78. The number of thioether (sulfide) groups is 1. The van der Waals surface area contributed by atoms with E-state index in [1.54, 1.807) is 36.4 Å². The maximum Gasteiger partial charge on any atom is 0.281 e. The third kappa shape index (κ3) is 3.33. The topological polar surface area (TPSA) is 89.3 Å². The summed E-state index contributed by atoms with van der Waals surface area (Å²) in [5, 5.41) is 1.46. The van der Waals surface area contributed by atoms with Gasteiger partial charge in [0.2, 0.25) is 0 Å². The van der Waals surface area contributed by atoms with Crippen LogP contribution in [0.3, 0.4) is 0 Å². The summed E-state index contributed by atoms with van der Waals surface area (Å²) in [6.07, 6.45) is 1.17. The van der Waals surface area contributed by atoms with Crippen LogP contribution in [0.5, 0.6) is 0 Å². The summed E-state index contributed by atoms with van der Waals surface area (Å²) in [4.78, 5) is 58.9. The van der Waals surface area contributed by atoms with Crippen LogP contribution in [-0.2, 0) is 9.59 Å². The first kappa shape index (κ1) is 23.4. The van der Waals surface area contributed by atoms with Crippen molar-refractivity contribution in [2.45, 2.75) is 38.8 Å². The SMILES string of the molecule is CC12CCC(C(=O)N(n3c(SCC(=O)c4ccc(Br)s4)nc4ccccc4c3=O)C1=O)C2(C)C. The van der Waals surface area contributed by atoms with E-state index in [9.17, 15) is 19.2 Å². The number of benzene rings is 1. The van der Waals surface area contributed by atoms with Crippen molar-refractivity contribution >= 4 is 67.5 Å². The van der Waals surface area contributed by atoms with Crippen LogP contribution >= 0.6 is 39.0 Å². The second-order valence-corrected chi connectivity index (χ2v) is 12.8. The Labute approximate surface area is 212 Å². The van der Waals surface area contributed by atoms with E-state index in [1.807, 2.05) is 20.8 Å². The Morgan fingerprint density at radius 2 is 1.91 bits per heavy atom. The van der Waals surface area contributed by atoms with Gasteiger partial charge in [-0.3, -0.25) is 19.2 Å². The maximum atomic E-state index is 13.8. The lowest BCUT2D eigenvalue weighted by atomic mass is 9.63. The molecule has 0 spiro atoms. The zero-order chi connectivity index (χ0) is 24.4. The minimum absolute atomic E-state index is 0.0140. The molecule has 1 saturated carbocycles. The first-order chi connectivity index (χ1) is 16.1. The monoisotopic (exact) mass is 559 g/mol. The van der Waals surface area contributed by atoms with Gasteiger partial charge in [0.1, 0.15) is 0 Å². The lowest BCUT2D eigenvalue weighted by molar-refractivity contribution is -0.149. The number of piperidine rings is 1. The number of carbonyl (C=O) groups excluding carboxylic acids is 3. The van der Waals surface area contributed by atoms with Crippen LogP contribution in [0.1, 0.15) is 43.3 Å². The van der Waals surface area contributed by atoms with E-state index in [0.29, 0.717) is 28.6 Å². The minimum Gasteiger partial charge on any atom is -0.292 e. The van der Waals surface area contributed by atoms with Gasteiger partial charge < -0.3 is 0 Å². The van der Waals surface area contributed by atoms with E-state index >= 15 is 0 Å². The van der Waals surface area contributed by atoms with Crippen molar-refractivity contribution < 1.29 is 14.4 Å². The second-order valence-electron chi connectivity index (χ2n) is 9.44. The fourth-order valence-electron chi connectivity index (χ4n) is 5.02. The summed E-state index contributed by atoms with van der Waals surface area (Å²) < 4.78 is 1.94. The quantitative estimate of drug-likeness (QED) is 0.196. The molecule has 2 amide bonds. The van der Waals surface area contributed by atoms with Crippen LogP contribution in [0.4, 0.5) is 0 Å². The van der Waals surface area contributed by atoms with Crippen LogP contribution < -0.4 is 10.6 Å². The Morgan fingerprint density at radius 3 is 2.62 bits per heavy atom. The second kappa shape index (κ2) is 8.13. The van der Waals surface area contributed by atoms with Gasteiger partial charge in [-0.1, -0.05) is 44.7 Å². The predicted molar refractivity (Wildman–Crippen MR) is 136 cm³/mol. The Morgan fingerprint density at radius 1 is 1.18 bits per heavy atom. The Hall–Kier alpha value is -2.30. The van der Waals surface area contributed by atoms with Gasteiger partial charge >= 0.3 is 0 Å². The molecule has 1 aromatic carbocycles. The van der Waals surface area contributed by atoms with E-state index in [4.69, 9.17) is 0 Å². The van der Waals surface area contributed by atoms with E-state index in [1.165, 1.54) is 11.3 Å². The lowest BCUT2D eigenvalue weighted by Crippen LogP contribution is -2.65. The lowest BCUT2D eigenvalue weighted by Gasteiger charge is -2.47. The van der Waals surface area contributed by atoms with Crippen molar-refractivity contribution in [3.63, 3.8) is 0 Å². The van der Waals surface area contributed by atoms with Crippen molar-refractivity contribution in [3.8, 4) is 0 Å². The molecule has 3 aromatic rings.